The van der Waals surface area contributed by atoms with E-state index in [1.807, 2.05) is 31.2 Å². The Morgan fingerprint density at radius 3 is 2.48 bits per heavy atom. The number of carboxylic acids is 1. The molecule has 4 aromatic rings. The average Bonchev–Trinajstić information content (AvgIpc) is 3.59. The Hall–Kier alpha value is -4.23. The highest BCUT2D eigenvalue weighted by atomic mass is 19.4. The van der Waals surface area contributed by atoms with Gasteiger partial charge >= 0.3 is 12.1 Å². The lowest BCUT2D eigenvalue weighted by molar-refractivity contribution is -0.192. The zero-order chi connectivity index (χ0) is 28.7. The number of halogens is 3. The Balaban J connectivity index is 0.000000470. The summed E-state index contributed by atoms with van der Waals surface area (Å²) in [6, 6.07) is 13.2. The fourth-order valence-electron chi connectivity index (χ4n) is 3.91. The number of fused-ring (bicyclic) bond motifs is 1. The van der Waals surface area contributed by atoms with E-state index in [1.165, 1.54) is 5.56 Å². The van der Waals surface area contributed by atoms with Crippen molar-refractivity contribution in [1.82, 2.24) is 20.4 Å². The van der Waals surface area contributed by atoms with Gasteiger partial charge in [0, 0.05) is 30.8 Å². The molecule has 2 N–H and O–H groups in total. The number of nitrogens with one attached hydrogen (secondary N) is 1. The number of nitrogens with zero attached hydrogens (tertiary/aromatic N) is 3. The number of ether oxygens (including phenoxy) is 1. The quantitative estimate of drug-likeness (QED) is 0.313. The summed E-state index contributed by atoms with van der Waals surface area (Å²) in [5, 5.41) is 15.0. The Labute approximate surface area is 226 Å². The summed E-state index contributed by atoms with van der Waals surface area (Å²) in [7, 11) is 0. The van der Waals surface area contributed by atoms with Gasteiger partial charge in [0.1, 0.15) is 17.7 Å². The molecule has 1 aliphatic heterocycles. The van der Waals surface area contributed by atoms with Crippen molar-refractivity contribution in [3.63, 3.8) is 0 Å². The molecule has 0 saturated carbocycles. The number of aromatic nitrogens is 2. The monoisotopic (exact) mass is 560 g/mol. The topological polar surface area (TPSA) is 131 Å². The molecule has 40 heavy (non-hydrogen) atoms. The van der Waals surface area contributed by atoms with E-state index in [-0.39, 0.29) is 5.91 Å². The highest BCUT2D eigenvalue weighted by Gasteiger charge is 2.38. The van der Waals surface area contributed by atoms with Gasteiger partial charge in [0.15, 0.2) is 5.58 Å². The highest BCUT2D eigenvalue weighted by molar-refractivity contribution is 6.00. The van der Waals surface area contributed by atoms with E-state index in [0.29, 0.717) is 35.0 Å². The van der Waals surface area contributed by atoms with E-state index in [1.54, 1.807) is 24.5 Å². The number of hydrogen-bond donors (Lipinski definition) is 2. The summed E-state index contributed by atoms with van der Waals surface area (Å²) in [5.41, 5.74) is 4.31. The molecule has 2 aromatic heterocycles. The molecule has 0 unspecified atom stereocenters. The van der Waals surface area contributed by atoms with Crippen LogP contribution in [0.25, 0.3) is 33.8 Å². The fourth-order valence-corrected chi connectivity index (χ4v) is 3.91. The molecule has 10 nitrogen and oxygen atoms in total. The van der Waals surface area contributed by atoms with Crippen LogP contribution in [0, 0.1) is 6.92 Å². The second-order valence-electron chi connectivity index (χ2n) is 9.01. The lowest BCUT2D eigenvalue weighted by Gasteiger charge is -2.26. The minimum atomic E-state index is -5.08. The lowest BCUT2D eigenvalue weighted by Crippen LogP contribution is -2.38. The number of carboxylic acid groups (broad SMARTS) is 1. The molecule has 1 fully saturated rings. The molecule has 0 bridgehead atoms. The van der Waals surface area contributed by atoms with Gasteiger partial charge in [-0.3, -0.25) is 9.69 Å². The van der Waals surface area contributed by atoms with Gasteiger partial charge in [0.2, 0.25) is 5.89 Å². The maximum Gasteiger partial charge on any atom is 0.490 e. The van der Waals surface area contributed by atoms with Crippen molar-refractivity contribution >= 4 is 22.8 Å². The molecular weight excluding hydrogens is 533 g/mol. The molecule has 0 spiro atoms. The van der Waals surface area contributed by atoms with Crippen molar-refractivity contribution in [3.05, 3.63) is 59.9 Å². The van der Waals surface area contributed by atoms with Crippen LogP contribution in [-0.4, -0.2) is 77.6 Å². The first kappa shape index (κ1) is 28.8. The van der Waals surface area contributed by atoms with Crippen LogP contribution in [-0.2, 0) is 9.53 Å². The van der Waals surface area contributed by atoms with Crippen molar-refractivity contribution in [2.45, 2.75) is 19.5 Å². The van der Waals surface area contributed by atoms with Gasteiger partial charge < -0.3 is 24.1 Å². The van der Waals surface area contributed by atoms with Gasteiger partial charge in [0.05, 0.1) is 18.6 Å². The molecule has 2 aromatic carbocycles. The smallest absolute Gasteiger partial charge is 0.475 e. The first-order valence-corrected chi connectivity index (χ1v) is 12.4. The summed E-state index contributed by atoms with van der Waals surface area (Å²) in [4.78, 5) is 28.5. The number of rotatable bonds is 7. The molecule has 13 heteroatoms. The Kier molecular flexibility index (Phi) is 9.17. The number of benzene rings is 2. The molecule has 0 aliphatic carbocycles. The maximum atomic E-state index is 12.7. The molecule has 0 atom stereocenters. The summed E-state index contributed by atoms with van der Waals surface area (Å²) < 4.78 is 48.2. The third kappa shape index (κ3) is 7.45. The molecular formula is C27H27F3N4O6. The molecule has 3 heterocycles. The van der Waals surface area contributed by atoms with E-state index in [2.05, 4.69) is 20.4 Å². The van der Waals surface area contributed by atoms with E-state index >= 15 is 0 Å². The van der Waals surface area contributed by atoms with Crippen LogP contribution in [0.1, 0.15) is 22.3 Å². The summed E-state index contributed by atoms with van der Waals surface area (Å²) in [5.74, 6) is -2.37. The number of hydrogen-bond acceptors (Lipinski definition) is 8. The van der Waals surface area contributed by atoms with Gasteiger partial charge in [-0.1, -0.05) is 22.9 Å². The highest BCUT2D eigenvalue weighted by Crippen LogP contribution is 2.30. The Morgan fingerprint density at radius 2 is 1.80 bits per heavy atom. The Morgan fingerprint density at radius 1 is 1.10 bits per heavy atom. The minimum absolute atomic E-state index is 0.119. The van der Waals surface area contributed by atoms with Crippen LogP contribution in [0.2, 0.25) is 0 Å². The van der Waals surface area contributed by atoms with E-state index in [0.717, 1.165) is 50.2 Å². The fraction of sp³-hybridized carbons (Fsp3) is 0.333. The molecule has 1 amide bonds. The maximum absolute atomic E-state index is 12.7. The summed E-state index contributed by atoms with van der Waals surface area (Å²) in [6.45, 7) is 7.08. The number of morpholine rings is 1. The number of carbonyl (C=O) groups is 2. The van der Waals surface area contributed by atoms with Crippen LogP contribution < -0.4 is 5.32 Å². The van der Waals surface area contributed by atoms with Crippen LogP contribution in [0.5, 0.6) is 0 Å². The number of aryl methyl sites for hydroxylation is 1. The van der Waals surface area contributed by atoms with Gasteiger partial charge in [-0.05, 0) is 50.2 Å². The van der Waals surface area contributed by atoms with Crippen LogP contribution >= 0.6 is 0 Å². The number of alkyl halides is 3. The zero-order valence-electron chi connectivity index (χ0n) is 21.5. The summed E-state index contributed by atoms with van der Waals surface area (Å²) in [6.07, 6.45) is -2.63. The Bertz CT molecular complexity index is 1440. The normalized spacial score (nSPS) is 14.0. The number of carbonyl (C=O) groups excluding carboxylic acids is 1. The molecule has 1 aliphatic rings. The third-order valence-corrected chi connectivity index (χ3v) is 6.06. The van der Waals surface area contributed by atoms with Gasteiger partial charge in [0.25, 0.3) is 5.91 Å². The standard InChI is InChI=1S/C25H26N4O4.C2HF3O2/c1-17-3-5-18(6-4-17)25-27-21(16-32-25)23-20-15-19(7-8-22(20)33-28-23)24(30)26-9-2-10-29-11-13-31-14-12-29;3-2(4,5)1(6)7/h3-8,15-16H,2,9-14H2,1H3,(H,26,30);(H,6,7). The predicted molar refractivity (Wildman–Crippen MR) is 138 cm³/mol. The first-order valence-electron chi connectivity index (χ1n) is 12.4. The lowest BCUT2D eigenvalue weighted by atomic mass is 10.1. The molecule has 0 radical (unpaired) electrons. The second-order valence-corrected chi connectivity index (χ2v) is 9.01. The predicted octanol–water partition coefficient (Wildman–Crippen LogP) is 4.54. The van der Waals surface area contributed by atoms with Gasteiger partial charge in [-0.25, -0.2) is 9.78 Å². The third-order valence-electron chi connectivity index (χ3n) is 6.06. The van der Waals surface area contributed by atoms with Crippen LogP contribution in [0.3, 0.4) is 0 Å². The van der Waals surface area contributed by atoms with Crippen LogP contribution in [0.4, 0.5) is 13.2 Å². The van der Waals surface area contributed by atoms with E-state index in [4.69, 9.17) is 23.6 Å². The first-order chi connectivity index (χ1) is 19.1. The SMILES string of the molecule is Cc1ccc(-c2nc(-c3noc4ccc(C(=O)NCCCN5CCOCC5)cc34)co2)cc1.O=C(O)C(F)(F)F. The van der Waals surface area contributed by atoms with Gasteiger partial charge in [-0.15, -0.1) is 0 Å². The molecule has 212 valence electrons. The van der Waals surface area contributed by atoms with Crippen molar-refractivity contribution in [3.8, 4) is 22.8 Å². The van der Waals surface area contributed by atoms with Crippen molar-refractivity contribution in [2.24, 2.45) is 0 Å². The number of aliphatic carboxylic acids is 1. The molecule has 1 saturated heterocycles. The summed E-state index contributed by atoms with van der Waals surface area (Å²) >= 11 is 0. The van der Waals surface area contributed by atoms with Crippen molar-refractivity contribution in [1.29, 1.82) is 0 Å². The van der Waals surface area contributed by atoms with Gasteiger partial charge in [-0.2, -0.15) is 13.2 Å². The van der Waals surface area contributed by atoms with E-state index in [9.17, 15) is 18.0 Å². The van der Waals surface area contributed by atoms with Crippen molar-refractivity contribution < 1.29 is 41.5 Å². The minimum Gasteiger partial charge on any atom is -0.475 e. The number of amides is 1. The van der Waals surface area contributed by atoms with E-state index < -0.39 is 12.1 Å². The van der Waals surface area contributed by atoms with Crippen molar-refractivity contribution in [2.75, 3.05) is 39.4 Å². The molecule has 5 rings (SSSR count). The van der Waals surface area contributed by atoms with Crippen LogP contribution in [0.15, 0.2) is 57.7 Å². The number of oxazole rings is 1. The average molecular weight is 561 g/mol. The second kappa shape index (κ2) is 12.7. The zero-order valence-corrected chi connectivity index (χ0v) is 21.5. The largest absolute Gasteiger partial charge is 0.490 e.